The minimum atomic E-state index is -0.802. The van der Waals surface area contributed by atoms with Gasteiger partial charge in [-0.25, -0.2) is 0 Å². The van der Waals surface area contributed by atoms with Gasteiger partial charge in [-0.3, -0.25) is 9.69 Å². The number of carbonyl (C=O) groups is 1. The lowest BCUT2D eigenvalue weighted by molar-refractivity contribution is -0.136. The van der Waals surface area contributed by atoms with Crippen LogP contribution >= 0.6 is 0 Å². The maximum absolute atomic E-state index is 10.9. The van der Waals surface area contributed by atoms with Gasteiger partial charge in [0.25, 0.3) is 0 Å². The minimum Gasteiger partial charge on any atom is -0.481 e. The third-order valence-electron chi connectivity index (χ3n) is 3.33. The first kappa shape index (κ1) is 15.1. The van der Waals surface area contributed by atoms with E-state index in [-0.39, 0.29) is 6.42 Å². The van der Waals surface area contributed by atoms with Crippen molar-refractivity contribution in [2.75, 3.05) is 12.8 Å². The van der Waals surface area contributed by atoms with Gasteiger partial charge in [-0.1, -0.05) is 36.4 Å². The summed E-state index contributed by atoms with van der Waals surface area (Å²) >= 11 is 0. The van der Waals surface area contributed by atoms with Crippen LogP contribution in [0.2, 0.25) is 0 Å². The Morgan fingerprint density at radius 2 is 1.67 bits per heavy atom. The number of carboxylic acids is 1. The van der Waals surface area contributed by atoms with Crippen molar-refractivity contribution in [3.05, 3.63) is 65.2 Å². The molecule has 0 spiro atoms. The Morgan fingerprint density at radius 3 is 2.29 bits per heavy atom. The van der Waals surface area contributed by atoms with E-state index in [2.05, 4.69) is 4.90 Å². The van der Waals surface area contributed by atoms with Gasteiger partial charge in [0, 0.05) is 18.8 Å². The van der Waals surface area contributed by atoms with Crippen molar-refractivity contribution in [2.24, 2.45) is 0 Å². The Morgan fingerprint density at radius 1 is 1.05 bits per heavy atom. The van der Waals surface area contributed by atoms with Crippen molar-refractivity contribution < 1.29 is 9.90 Å². The summed E-state index contributed by atoms with van der Waals surface area (Å²) in [5, 5.41) is 8.96. The molecule has 0 saturated carbocycles. The van der Waals surface area contributed by atoms with E-state index >= 15 is 0 Å². The van der Waals surface area contributed by atoms with Gasteiger partial charge in [-0.2, -0.15) is 0 Å². The molecule has 21 heavy (non-hydrogen) atoms. The van der Waals surface area contributed by atoms with E-state index in [4.69, 9.17) is 10.8 Å². The van der Waals surface area contributed by atoms with Gasteiger partial charge in [0.15, 0.2) is 0 Å². The Labute approximate surface area is 124 Å². The molecule has 0 aliphatic rings. The zero-order valence-corrected chi connectivity index (χ0v) is 12.1. The van der Waals surface area contributed by atoms with E-state index in [9.17, 15) is 4.79 Å². The topological polar surface area (TPSA) is 66.6 Å². The van der Waals surface area contributed by atoms with Crippen molar-refractivity contribution in [2.45, 2.75) is 19.5 Å². The molecular weight excluding hydrogens is 264 g/mol. The quantitative estimate of drug-likeness (QED) is 0.800. The fraction of sp³-hybridized carbons (Fsp3) is 0.235. The molecule has 0 aromatic heterocycles. The van der Waals surface area contributed by atoms with Crippen LogP contribution in [0, 0.1) is 0 Å². The Hall–Kier alpha value is -2.33. The number of benzene rings is 2. The number of nitrogens with two attached hydrogens (primary N) is 1. The Kier molecular flexibility index (Phi) is 4.95. The zero-order valence-electron chi connectivity index (χ0n) is 12.1. The maximum atomic E-state index is 10.9. The number of nitrogen functional groups attached to an aromatic ring is 1. The molecular formula is C17H20N2O2. The van der Waals surface area contributed by atoms with Crippen LogP contribution in [0.3, 0.4) is 0 Å². The van der Waals surface area contributed by atoms with E-state index in [1.165, 1.54) is 5.56 Å². The molecule has 0 heterocycles. The van der Waals surface area contributed by atoms with Crippen LogP contribution in [0.1, 0.15) is 16.7 Å². The summed E-state index contributed by atoms with van der Waals surface area (Å²) < 4.78 is 0. The average molecular weight is 284 g/mol. The number of anilines is 1. The molecule has 4 nitrogen and oxygen atoms in total. The van der Waals surface area contributed by atoms with E-state index in [0.29, 0.717) is 6.54 Å². The van der Waals surface area contributed by atoms with Crippen LogP contribution in [0.25, 0.3) is 0 Å². The molecule has 2 rings (SSSR count). The van der Waals surface area contributed by atoms with Crippen molar-refractivity contribution in [3.8, 4) is 0 Å². The molecule has 2 aromatic carbocycles. The summed E-state index contributed by atoms with van der Waals surface area (Å²) in [5.74, 6) is -0.802. The molecule has 0 bridgehead atoms. The lowest BCUT2D eigenvalue weighted by Gasteiger charge is -2.18. The number of hydrogen-bond acceptors (Lipinski definition) is 3. The smallest absolute Gasteiger partial charge is 0.307 e. The van der Waals surface area contributed by atoms with E-state index in [1.807, 2.05) is 55.6 Å². The largest absolute Gasteiger partial charge is 0.481 e. The van der Waals surface area contributed by atoms with Crippen molar-refractivity contribution >= 4 is 11.7 Å². The van der Waals surface area contributed by atoms with Crippen molar-refractivity contribution in [1.29, 1.82) is 0 Å². The third-order valence-corrected chi connectivity index (χ3v) is 3.33. The molecule has 110 valence electrons. The van der Waals surface area contributed by atoms with Crippen LogP contribution in [0.4, 0.5) is 5.69 Å². The van der Waals surface area contributed by atoms with Gasteiger partial charge in [-0.15, -0.1) is 0 Å². The second kappa shape index (κ2) is 6.90. The summed E-state index contributed by atoms with van der Waals surface area (Å²) in [4.78, 5) is 13.1. The standard InChI is InChI=1S/C17H20N2O2/c1-19(11-13-6-8-16(18)9-7-13)12-15-5-3-2-4-14(15)10-17(20)21/h2-9H,10-12,18H2,1H3,(H,20,21). The molecule has 0 atom stereocenters. The first-order chi connectivity index (χ1) is 10.0. The van der Waals surface area contributed by atoms with Crippen LogP contribution in [0.5, 0.6) is 0 Å². The minimum absolute atomic E-state index is 0.0614. The van der Waals surface area contributed by atoms with Crippen LogP contribution in [0.15, 0.2) is 48.5 Å². The Bertz CT molecular complexity index is 608. The second-order valence-electron chi connectivity index (χ2n) is 5.25. The summed E-state index contributed by atoms with van der Waals surface area (Å²) in [6.07, 6.45) is 0.0614. The highest BCUT2D eigenvalue weighted by Gasteiger charge is 2.08. The molecule has 0 unspecified atom stereocenters. The maximum Gasteiger partial charge on any atom is 0.307 e. The van der Waals surface area contributed by atoms with Crippen LogP contribution < -0.4 is 5.73 Å². The van der Waals surface area contributed by atoms with Gasteiger partial charge < -0.3 is 10.8 Å². The molecule has 0 aliphatic heterocycles. The normalized spacial score (nSPS) is 10.8. The molecule has 0 saturated heterocycles. The molecule has 0 radical (unpaired) electrons. The third kappa shape index (κ3) is 4.61. The van der Waals surface area contributed by atoms with Gasteiger partial charge in [0.1, 0.15) is 0 Å². The monoisotopic (exact) mass is 284 g/mol. The molecule has 0 fully saturated rings. The van der Waals surface area contributed by atoms with Gasteiger partial charge in [-0.05, 0) is 35.9 Å². The highest BCUT2D eigenvalue weighted by molar-refractivity contribution is 5.70. The number of aliphatic carboxylic acids is 1. The summed E-state index contributed by atoms with van der Waals surface area (Å²) in [5.41, 5.74) is 9.54. The lowest BCUT2D eigenvalue weighted by Crippen LogP contribution is -2.18. The van der Waals surface area contributed by atoms with Crippen LogP contribution in [-0.4, -0.2) is 23.0 Å². The molecule has 0 amide bonds. The van der Waals surface area contributed by atoms with E-state index in [1.54, 1.807) is 0 Å². The number of carboxylic acid groups (broad SMARTS) is 1. The summed E-state index contributed by atoms with van der Waals surface area (Å²) in [6.45, 7) is 1.51. The predicted molar refractivity (Wildman–Crippen MR) is 83.8 cm³/mol. The highest BCUT2D eigenvalue weighted by atomic mass is 16.4. The van der Waals surface area contributed by atoms with Gasteiger partial charge in [0.05, 0.1) is 6.42 Å². The number of rotatable bonds is 6. The summed E-state index contributed by atoms with van der Waals surface area (Å²) in [7, 11) is 2.02. The molecule has 0 aliphatic carbocycles. The van der Waals surface area contributed by atoms with Crippen molar-refractivity contribution in [3.63, 3.8) is 0 Å². The van der Waals surface area contributed by atoms with Crippen LogP contribution in [-0.2, 0) is 24.3 Å². The van der Waals surface area contributed by atoms with Gasteiger partial charge in [0.2, 0.25) is 0 Å². The highest BCUT2D eigenvalue weighted by Crippen LogP contribution is 2.14. The average Bonchev–Trinajstić information content (AvgIpc) is 2.43. The number of hydrogen-bond donors (Lipinski definition) is 2. The van der Waals surface area contributed by atoms with Crippen molar-refractivity contribution in [1.82, 2.24) is 4.90 Å². The molecule has 2 aromatic rings. The lowest BCUT2D eigenvalue weighted by atomic mass is 10.0. The van der Waals surface area contributed by atoms with E-state index < -0.39 is 5.97 Å². The second-order valence-corrected chi connectivity index (χ2v) is 5.25. The first-order valence-electron chi connectivity index (χ1n) is 6.86. The van der Waals surface area contributed by atoms with E-state index in [0.717, 1.165) is 23.4 Å². The van der Waals surface area contributed by atoms with Gasteiger partial charge >= 0.3 is 5.97 Å². The zero-order chi connectivity index (χ0) is 15.2. The fourth-order valence-electron chi connectivity index (χ4n) is 2.33. The first-order valence-corrected chi connectivity index (χ1v) is 6.86. The fourth-order valence-corrected chi connectivity index (χ4v) is 2.33. The SMILES string of the molecule is CN(Cc1ccc(N)cc1)Cc1ccccc1CC(=O)O. The Balaban J connectivity index is 2.03. The predicted octanol–water partition coefficient (Wildman–Crippen LogP) is 2.53. The molecule has 4 heteroatoms. The number of nitrogens with zero attached hydrogens (tertiary/aromatic N) is 1. The molecule has 3 N–H and O–H groups in total. The summed E-state index contributed by atoms with van der Waals surface area (Å²) in [6, 6.07) is 15.5.